The van der Waals surface area contributed by atoms with E-state index in [1.807, 2.05) is 11.3 Å². The lowest BCUT2D eigenvalue weighted by Crippen LogP contribution is -2.51. The molecular formula is C16H23N3S2. The largest absolute Gasteiger partial charge is 0.314 e. The van der Waals surface area contributed by atoms with E-state index < -0.39 is 0 Å². The molecular weight excluding hydrogens is 298 g/mol. The van der Waals surface area contributed by atoms with Gasteiger partial charge in [-0.05, 0) is 32.4 Å². The van der Waals surface area contributed by atoms with Crippen molar-refractivity contribution in [3.05, 3.63) is 27.4 Å². The second kappa shape index (κ2) is 6.16. The molecule has 0 aromatic carbocycles. The van der Waals surface area contributed by atoms with Crippen molar-refractivity contribution in [3.8, 4) is 10.6 Å². The summed E-state index contributed by atoms with van der Waals surface area (Å²) in [4.78, 5) is 10.2. The first-order valence-corrected chi connectivity index (χ1v) is 9.31. The summed E-state index contributed by atoms with van der Waals surface area (Å²) in [5.41, 5.74) is 1.17. The zero-order valence-corrected chi connectivity index (χ0v) is 14.6. The van der Waals surface area contributed by atoms with Crippen LogP contribution in [0, 0.1) is 0 Å². The number of aromatic nitrogens is 1. The van der Waals surface area contributed by atoms with Crippen molar-refractivity contribution < 1.29 is 0 Å². The third kappa shape index (κ3) is 3.06. The smallest absolute Gasteiger partial charge is 0.113 e. The van der Waals surface area contributed by atoms with Gasteiger partial charge < -0.3 is 5.32 Å². The molecule has 3 heterocycles. The van der Waals surface area contributed by atoms with Crippen LogP contribution in [-0.4, -0.2) is 36.1 Å². The second-order valence-corrected chi connectivity index (χ2v) is 7.98. The molecule has 0 atom stereocenters. The Morgan fingerprint density at radius 1 is 1.29 bits per heavy atom. The molecule has 0 unspecified atom stereocenters. The van der Waals surface area contributed by atoms with Gasteiger partial charge in [0.15, 0.2) is 0 Å². The molecule has 3 rings (SSSR count). The topological polar surface area (TPSA) is 28.2 Å². The third-order valence-electron chi connectivity index (χ3n) is 4.20. The Hall–Kier alpha value is -0.750. The Bertz CT molecular complexity index is 594. The molecule has 1 aliphatic heterocycles. The number of nitrogens with one attached hydrogen (secondary N) is 1. The maximum Gasteiger partial charge on any atom is 0.113 e. The molecule has 2 aromatic rings. The summed E-state index contributed by atoms with van der Waals surface area (Å²) in [6.07, 6.45) is 1.11. The van der Waals surface area contributed by atoms with Crippen LogP contribution < -0.4 is 5.32 Å². The Morgan fingerprint density at radius 3 is 2.71 bits per heavy atom. The number of thiophene rings is 1. The van der Waals surface area contributed by atoms with Gasteiger partial charge >= 0.3 is 0 Å². The van der Waals surface area contributed by atoms with Crippen LogP contribution in [0.25, 0.3) is 10.6 Å². The lowest BCUT2D eigenvalue weighted by atomic mass is 10.0. The van der Waals surface area contributed by atoms with Gasteiger partial charge in [0.05, 0.1) is 16.1 Å². The first kappa shape index (κ1) is 15.2. The second-order valence-electron chi connectivity index (χ2n) is 5.95. The zero-order chi connectivity index (χ0) is 14.9. The number of piperazine rings is 1. The van der Waals surface area contributed by atoms with Crippen molar-refractivity contribution in [1.29, 1.82) is 0 Å². The van der Waals surface area contributed by atoms with E-state index in [9.17, 15) is 0 Å². The van der Waals surface area contributed by atoms with E-state index in [1.165, 1.54) is 14.8 Å². The molecule has 1 N–H and O–H groups in total. The molecule has 0 spiro atoms. The SMILES string of the molecule is CCc1ccc(-c2csc(C(C)(C)N3CCNCC3)n2)s1. The summed E-state index contributed by atoms with van der Waals surface area (Å²) in [6.45, 7) is 11.1. The van der Waals surface area contributed by atoms with Crippen molar-refractivity contribution in [2.24, 2.45) is 0 Å². The molecule has 0 radical (unpaired) electrons. The number of aryl methyl sites for hydroxylation is 1. The highest BCUT2D eigenvalue weighted by molar-refractivity contribution is 7.16. The van der Waals surface area contributed by atoms with Crippen LogP contribution in [-0.2, 0) is 12.0 Å². The van der Waals surface area contributed by atoms with E-state index in [1.54, 1.807) is 11.3 Å². The summed E-state index contributed by atoms with van der Waals surface area (Å²) in [7, 11) is 0. The van der Waals surface area contributed by atoms with Gasteiger partial charge in [-0.1, -0.05) is 6.92 Å². The van der Waals surface area contributed by atoms with Gasteiger partial charge in [0.25, 0.3) is 0 Å². The predicted octanol–water partition coefficient (Wildman–Crippen LogP) is 3.57. The van der Waals surface area contributed by atoms with Gasteiger partial charge in [-0.25, -0.2) is 4.98 Å². The fourth-order valence-corrected chi connectivity index (χ4v) is 4.69. The minimum Gasteiger partial charge on any atom is -0.314 e. The molecule has 1 fully saturated rings. The normalized spacial score (nSPS) is 17.3. The summed E-state index contributed by atoms with van der Waals surface area (Å²) >= 11 is 3.66. The van der Waals surface area contributed by atoms with Crippen LogP contribution in [0.5, 0.6) is 0 Å². The van der Waals surface area contributed by atoms with Crippen LogP contribution in [0.15, 0.2) is 17.5 Å². The van der Waals surface area contributed by atoms with E-state index in [-0.39, 0.29) is 5.54 Å². The highest BCUT2D eigenvalue weighted by atomic mass is 32.1. The molecule has 2 aromatic heterocycles. The van der Waals surface area contributed by atoms with E-state index in [2.05, 4.69) is 48.5 Å². The number of rotatable bonds is 4. The summed E-state index contributed by atoms with van der Waals surface area (Å²) in [6, 6.07) is 4.43. The number of nitrogens with zero attached hydrogens (tertiary/aromatic N) is 2. The van der Waals surface area contributed by atoms with Crippen molar-refractivity contribution in [1.82, 2.24) is 15.2 Å². The highest BCUT2D eigenvalue weighted by Crippen LogP contribution is 2.35. The number of hydrogen-bond donors (Lipinski definition) is 1. The van der Waals surface area contributed by atoms with Crippen LogP contribution in [0.4, 0.5) is 0 Å². The van der Waals surface area contributed by atoms with Crippen LogP contribution >= 0.6 is 22.7 Å². The monoisotopic (exact) mass is 321 g/mol. The maximum atomic E-state index is 4.94. The average molecular weight is 322 g/mol. The van der Waals surface area contributed by atoms with E-state index in [0.717, 1.165) is 38.3 Å². The quantitative estimate of drug-likeness (QED) is 0.933. The van der Waals surface area contributed by atoms with Crippen molar-refractivity contribution in [2.75, 3.05) is 26.2 Å². The number of hydrogen-bond acceptors (Lipinski definition) is 5. The summed E-state index contributed by atoms with van der Waals surface area (Å²) < 4.78 is 0. The van der Waals surface area contributed by atoms with Crippen molar-refractivity contribution >= 4 is 22.7 Å². The number of thiazole rings is 1. The molecule has 1 aliphatic rings. The summed E-state index contributed by atoms with van der Waals surface area (Å²) in [5.74, 6) is 0. The van der Waals surface area contributed by atoms with E-state index in [4.69, 9.17) is 4.98 Å². The van der Waals surface area contributed by atoms with Crippen LogP contribution in [0.1, 0.15) is 30.7 Å². The first-order chi connectivity index (χ1) is 10.1. The average Bonchev–Trinajstić information content (AvgIpc) is 3.17. The lowest BCUT2D eigenvalue weighted by Gasteiger charge is -2.39. The standard InChI is InChI=1S/C16H23N3S2/c1-4-12-5-6-14(21-12)13-11-20-15(18-13)16(2,3)19-9-7-17-8-10-19/h5-6,11,17H,4,7-10H2,1-3H3. The fourth-order valence-electron chi connectivity index (χ4n) is 2.73. The highest BCUT2D eigenvalue weighted by Gasteiger charge is 2.32. The minimum atomic E-state index is 0.0237. The lowest BCUT2D eigenvalue weighted by molar-refractivity contribution is 0.102. The molecule has 114 valence electrons. The molecule has 0 saturated carbocycles. The van der Waals surface area contributed by atoms with Gasteiger partial charge in [-0.15, -0.1) is 22.7 Å². The van der Waals surface area contributed by atoms with Gasteiger partial charge in [-0.2, -0.15) is 0 Å². The van der Waals surface area contributed by atoms with E-state index in [0.29, 0.717) is 0 Å². The Kier molecular flexibility index (Phi) is 4.45. The molecule has 0 amide bonds. The maximum absolute atomic E-state index is 4.94. The molecule has 0 aliphatic carbocycles. The van der Waals surface area contributed by atoms with Gasteiger partial charge in [-0.3, -0.25) is 4.90 Å². The molecule has 21 heavy (non-hydrogen) atoms. The Morgan fingerprint density at radius 2 is 2.05 bits per heavy atom. The van der Waals surface area contributed by atoms with Crippen LogP contribution in [0.2, 0.25) is 0 Å². The molecule has 3 nitrogen and oxygen atoms in total. The minimum absolute atomic E-state index is 0.0237. The third-order valence-corrected chi connectivity index (χ3v) is 6.60. The fraction of sp³-hybridized carbons (Fsp3) is 0.562. The predicted molar refractivity (Wildman–Crippen MR) is 92.3 cm³/mol. The van der Waals surface area contributed by atoms with Gasteiger partial charge in [0.2, 0.25) is 0 Å². The van der Waals surface area contributed by atoms with Crippen molar-refractivity contribution in [3.63, 3.8) is 0 Å². The van der Waals surface area contributed by atoms with Gasteiger partial charge in [0.1, 0.15) is 5.01 Å². The first-order valence-electron chi connectivity index (χ1n) is 7.62. The molecule has 1 saturated heterocycles. The zero-order valence-electron chi connectivity index (χ0n) is 13.0. The Balaban J connectivity index is 1.83. The van der Waals surface area contributed by atoms with E-state index >= 15 is 0 Å². The van der Waals surface area contributed by atoms with Crippen molar-refractivity contribution in [2.45, 2.75) is 32.7 Å². The van der Waals surface area contributed by atoms with Gasteiger partial charge in [0, 0.05) is 36.4 Å². The summed E-state index contributed by atoms with van der Waals surface area (Å²) in [5, 5.41) is 6.86. The van der Waals surface area contributed by atoms with Crippen LogP contribution in [0.3, 0.4) is 0 Å². The molecule has 5 heteroatoms. The molecule has 0 bridgehead atoms. The Labute approximate surface area is 135 Å².